The zero-order valence-electron chi connectivity index (χ0n) is 6.52. The Balaban J connectivity index is 0. The normalized spacial score (nSPS) is 8.00. The standard InChI is InChI=1S/C7H8N2O2.2ClH/c8-5-1-4(7(10)11)2-6(9)3-5;;/h1-3H,8-9H2,(H,10,11);2*1H/p-1. The molecule has 0 aliphatic carbocycles. The number of hydrogen-bond acceptors (Lipinski definition) is 4. The molecular formula is C7H9Cl2N2O2-. The molecule has 0 spiro atoms. The van der Waals surface area contributed by atoms with E-state index < -0.39 is 5.97 Å². The summed E-state index contributed by atoms with van der Waals surface area (Å²) in [5.74, 6) is -1.27. The first-order valence-electron chi connectivity index (χ1n) is 2.97. The van der Waals surface area contributed by atoms with E-state index in [1.54, 1.807) is 0 Å². The van der Waals surface area contributed by atoms with Crippen LogP contribution in [-0.2, 0) is 0 Å². The van der Waals surface area contributed by atoms with Crippen molar-refractivity contribution in [3.63, 3.8) is 0 Å². The fourth-order valence-corrected chi connectivity index (χ4v) is 0.794. The summed E-state index contributed by atoms with van der Waals surface area (Å²) >= 11 is 0. The molecule has 0 saturated heterocycles. The molecule has 0 aliphatic heterocycles. The average Bonchev–Trinajstić information content (AvgIpc) is 1.85. The van der Waals surface area contributed by atoms with Crippen LogP contribution in [0, 0.1) is 0 Å². The topological polar surface area (TPSA) is 92.2 Å². The first kappa shape index (κ1) is 14.4. The molecule has 1 aromatic rings. The quantitative estimate of drug-likeness (QED) is 0.659. The predicted molar refractivity (Wildman–Crippen MR) is 54.1 cm³/mol. The lowest BCUT2D eigenvalue weighted by Gasteiger charge is -2.04. The fraction of sp³-hybridized carbons (Fsp3) is 0. The minimum absolute atomic E-state index is 0. The molecule has 0 atom stereocenters. The number of carbonyl (C=O) groups excluding carboxylic acids is 1. The largest absolute Gasteiger partial charge is 0.545 e. The highest BCUT2D eigenvalue weighted by atomic mass is 35.5. The zero-order valence-corrected chi connectivity index (χ0v) is 8.15. The number of nitrogen functional groups attached to an aromatic ring is 2. The lowest BCUT2D eigenvalue weighted by atomic mass is 10.2. The fourth-order valence-electron chi connectivity index (χ4n) is 0.794. The van der Waals surface area contributed by atoms with E-state index >= 15 is 0 Å². The Morgan fingerprint density at radius 3 is 1.77 bits per heavy atom. The second kappa shape index (κ2) is 5.50. The Morgan fingerprint density at radius 1 is 1.08 bits per heavy atom. The summed E-state index contributed by atoms with van der Waals surface area (Å²) in [5.41, 5.74) is 11.3. The second-order valence-corrected chi connectivity index (χ2v) is 2.18. The van der Waals surface area contributed by atoms with Gasteiger partial charge in [0.1, 0.15) is 0 Å². The van der Waals surface area contributed by atoms with Crippen LogP contribution in [0.25, 0.3) is 0 Å². The molecule has 74 valence electrons. The van der Waals surface area contributed by atoms with Gasteiger partial charge in [-0.25, -0.2) is 0 Å². The summed E-state index contributed by atoms with van der Waals surface area (Å²) in [6.07, 6.45) is 0. The summed E-state index contributed by atoms with van der Waals surface area (Å²) in [6.45, 7) is 0. The summed E-state index contributed by atoms with van der Waals surface area (Å²) in [5, 5.41) is 10.3. The number of aromatic carboxylic acids is 1. The average molecular weight is 224 g/mol. The monoisotopic (exact) mass is 223 g/mol. The first-order valence-corrected chi connectivity index (χ1v) is 2.97. The van der Waals surface area contributed by atoms with Crippen molar-refractivity contribution in [3.05, 3.63) is 23.8 Å². The van der Waals surface area contributed by atoms with Crippen LogP contribution in [0.5, 0.6) is 0 Å². The van der Waals surface area contributed by atoms with Crippen LogP contribution < -0.4 is 16.6 Å². The molecule has 13 heavy (non-hydrogen) atoms. The molecule has 0 amide bonds. The Kier molecular flexibility index (Phi) is 6.10. The lowest BCUT2D eigenvalue weighted by molar-refractivity contribution is -0.255. The Morgan fingerprint density at radius 2 is 1.46 bits per heavy atom. The van der Waals surface area contributed by atoms with E-state index in [4.69, 9.17) is 11.5 Å². The maximum absolute atomic E-state index is 10.3. The van der Waals surface area contributed by atoms with Gasteiger partial charge >= 0.3 is 0 Å². The van der Waals surface area contributed by atoms with Crippen molar-refractivity contribution in [3.8, 4) is 0 Å². The van der Waals surface area contributed by atoms with E-state index in [1.165, 1.54) is 18.2 Å². The summed E-state index contributed by atoms with van der Waals surface area (Å²) in [4.78, 5) is 10.3. The third-order valence-corrected chi connectivity index (χ3v) is 1.21. The molecular weight excluding hydrogens is 215 g/mol. The number of carboxylic acids is 1. The van der Waals surface area contributed by atoms with E-state index in [9.17, 15) is 9.90 Å². The Hall–Kier alpha value is -1.13. The van der Waals surface area contributed by atoms with Crippen molar-refractivity contribution in [2.45, 2.75) is 0 Å². The second-order valence-electron chi connectivity index (χ2n) is 2.18. The van der Waals surface area contributed by atoms with Crippen LogP contribution in [0.2, 0.25) is 0 Å². The minimum atomic E-state index is -1.27. The molecule has 0 saturated carbocycles. The lowest BCUT2D eigenvalue weighted by Crippen LogP contribution is -2.22. The Labute approximate surface area is 87.7 Å². The number of rotatable bonds is 1. The highest BCUT2D eigenvalue weighted by molar-refractivity contribution is 5.88. The van der Waals surface area contributed by atoms with E-state index in [1.807, 2.05) is 0 Å². The number of hydrogen-bond donors (Lipinski definition) is 2. The third kappa shape index (κ3) is 3.87. The van der Waals surface area contributed by atoms with E-state index in [0.29, 0.717) is 11.4 Å². The predicted octanol–water partition coefficient (Wildman–Crippen LogP) is 0.0581. The highest BCUT2D eigenvalue weighted by Gasteiger charge is 1.95. The van der Waals surface area contributed by atoms with Crippen LogP contribution in [-0.4, -0.2) is 5.97 Å². The van der Waals surface area contributed by atoms with Gasteiger partial charge in [0.05, 0.1) is 5.97 Å². The van der Waals surface area contributed by atoms with E-state index in [0.717, 1.165) is 0 Å². The third-order valence-electron chi connectivity index (χ3n) is 1.21. The molecule has 1 aromatic carbocycles. The van der Waals surface area contributed by atoms with Gasteiger partial charge in [-0.1, -0.05) is 0 Å². The van der Waals surface area contributed by atoms with Crippen molar-refractivity contribution in [1.82, 2.24) is 0 Å². The molecule has 4 N–H and O–H groups in total. The van der Waals surface area contributed by atoms with Crippen molar-refractivity contribution >= 4 is 42.2 Å². The molecule has 1 rings (SSSR count). The van der Waals surface area contributed by atoms with Crippen molar-refractivity contribution in [2.75, 3.05) is 11.5 Å². The summed E-state index contributed by atoms with van der Waals surface area (Å²) in [7, 11) is 0. The van der Waals surface area contributed by atoms with Crippen LogP contribution in [0.3, 0.4) is 0 Å². The maximum Gasteiger partial charge on any atom is 0.0716 e. The smallest absolute Gasteiger partial charge is 0.0716 e. The Bertz CT molecular complexity index is 284. The van der Waals surface area contributed by atoms with Crippen molar-refractivity contribution in [2.24, 2.45) is 0 Å². The molecule has 0 unspecified atom stereocenters. The van der Waals surface area contributed by atoms with Gasteiger partial charge in [-0.3, -0.25) is 0 Å². The SMILES string of the molecule is Cl.Cl.Nc1cc(N)cc(C(=O)[O-])c1. The molecule has 6 heteroatoms. The highest BCUT2D eigenvalue weighted by Crippen LogP contribution is 2.12. The number of benzene rings is 1. The van der Waals surface area contributed by atoms with Gasteiger partial charge in [-0.05, 0) is 18.2 Å². The van der Waals surface area contributed by atoms with Gasteiger partial charge in [0, 0.05) is 16.9 Å². The van der Waals surface area contributed by atoms with Gasteiger partial charge in [-0.2, -0.15) is 0 Å². The summed E-state index contributed by atoms with van der Waals surface area (Å²) < 4.78 is 0. The maximum atomic E-state index is 10.3. The molecule has 4 nitrogen and oxygen atoms in total. The number of nitrogens with two attached hydrogens (primary N) is 2. The van der Waals surface area contributed by atoms with E-state index in [-0.39, 0.29) is 30.4 Å². The molecule has 0 fully saturated rings. The molecule has 0 bridgehead atoms. The van der Waals surface area contributed by atoms with Crippen molar-refractivity contribution < 1.29 is 9.90 Å². The van der Waals surface area contributed by atoms with Crippen LogP contribution in [0.4, 0.5) is 11.4 Å². The number of halogens is 2. The van der Waals surface area contributed by atoms with E-state index in [2.05, 4.69) is 0 Å². The van der Waals surface area contributed by atoms with Gasteiger partial charge < -0.3 is 21.4 Å². The van der Waals surface area contributed by atoms with Gasteiger partial charge in [0.25, 0.3) is 0 Å². The molecule has 0 radical (unpaired) electrons. The number of anilines is 2. The molecule has 0 heterocycles. The number of carbonyl (C=O) groups is 1. The molecule has 0 aliphatic rings. The van der Waals surface area contributed by atoms with Crippen molar-refractivity contribution in [1.29, 1.82) is 0 Å². The minimum Gasteiger partial charge on any atom is -0.545 e. The summed E-state index contributed by atoms with van der Waals surface area (Å²) in [6, 6.07) is 4.07. The van der Waals surface area contributed by atoms with Crippen LogP contribution in [0.1, 0.15) is 10.4 Å². The number of carboxylic acid groups (broad SMARTS) is 1. The zero-order chi connectivity index (χ0) is 8.43. The van der Waals surface area contributed by atoms with Gasteiger partial charge in [0.15, 0.2) is 0 Å². The first-order chi connectivity index (χ1) is 5.09. The van der Waals surface area contributed by atoms with Gasteiger partial charge in [-0.15, -0.1) is 24.8 Å². The molecule has 0 aromatic heterocycles. The van der Waals surface area contributed by atoms with Crippen LogP contribution >= 0.6 is 24.8 Å². The van der Waals surface area contributed by atoms with Gasteiger partial charge in [0.2, 0.25) is 0 Å². The van der Waals surface area contributed by atoms with Crippen LogP contribution in [0.15, 0.2) is 18.2 Å².